The Hall–Kier alpha value is -0.730. The molecule has 14 heavy (non-hydrogen) atoms. The minimum absolute atomic E-state index is 0.316. The van der Waals surface area contributed by atoms with E-state index in [0.29, 0.717) is 6.61 Å². The highest BCUT2D eigenvalue weighted by atomic mass is 35.5. The SMILES string of the molecule is Cc1cc(Cl)cc2c1OCCC2(C)N. The molecule has 1 heterocycles. The van der Waals surface area contributed by atoms with Gasteiger partial charge in [0.05, 0.1) is 6.61 Å². The van der Waals surface area contributed by atoms with Gasteiger partial charge in [0.1, 0.15) is 5.75 Å². The first kappa shape index (κ1) is 9.81. The average molecular weight is 212 g/mol. The third-order valence-corrected chi connectivity index (χ3v) is 2.94. The Morgan fingerprint density at radius 1 is 1.50 bits per heavy atom. The van der Waals surface area contributed by atoms with Crippen molar-refractivity contribution < 1.29 is 4.74 Å². The summed E-state index contributed by atoms with van der Waals surface area (Å²) >= 11 is 6.00. The molecule has 0 aliphatic carbocycles. The second-order valence-corrected chi connectivity index (χ2v) is 4.55. The number of aryl methyl sites for hydroxylation is 1. The maximum atomic E-state index is 6.19. The Kier molecular flexibility index (Phi) is 2.20. The van der Waals surface area contributed by atoms with E-state index in [2.05, 4.69) is 0 Å². The van der Waals surface area contributed by atoms with Gasteiger partial charge in [-0.3, -0.25) is 0 Å². The van der Waals surface area contributed by atoms with Gasteiger partial charge < -0.3 is 10.5 Å². The molecule has 0 saturated carbocycles. The van der Waals surface area contributed by atoms with Gasteiger partial charge in [-0.25, -0.2) is 0 Å². The van der Waals surface area contributed by atoms with Crippen molar-refractivity contribution in [2.45, 2.75) is 25.8 Å². The fourth-order valence-electron chi connectivity index (χ4n) is 1.85. The predicted molar refractivity (Wildman–Crippen MR) is 57.8 cm³/mol. The first-order chi connectivity index (χ1) is 6.50. The van der Waals surface area contributed by atoms with Crippen LogP contribution < -0.4 is 10.5 Å². The summed E-state index contributed by atoms with van der Waals surface area (Å²) < 4.78 is 5.61. The molecule has 1 aliphatic heterocycles. The Bertz CT molecular complexity index is 374. The maximum absolute atomic E-state index is 6.19. The van der Waals surface area contributed by atoms with Gasteiger partial charge in [-0.2, -0.15) is 0 Å². The average Bonchev–Trinajstić information content (AvgIpc) is 2.06. The van der Waals surface area contributed by atoms with Crippen LogP contribution in [-0.4, -0.2) is 6.61 Å². The van der Waals surface area contributed by atoms with E-state index in [1.165, 1.54) is 0 Å². The van der Waals surface area contributed by atoms with Crippen LogP contribution in [0.5, 0.6) is 5.75 Å². The zero-order chi connectivity index (χ0) is 10.3. The van der Waals surface area contributed by atoms with E-state index >= 15 is 0 Å². The van der Waals surface area contributed by atoms with E-state index in [9.17, 15) is 0 Å². The molecular formula is C11H14ClNO. The first-order valence-corrected chi connectivity index (χ1v) is 5.11. The third-order valence-electron chi connectivity index (χ3n) is 2.72. The molecule has 0 spiro atoms. The quantitative estimate of drug-likeness (QED) is 0.716. The number of nitrogens with two attached hydrogens (primary N) is 1. The van der Waals surface area contributed by atoms with Gasteiger partial charge in [-0.15, -0.1) is 0 Å². The number of fused-ring (bicyclic) bond motifs is 1. The fraction of sp³-hybridized carbons (Fsp3) is 0.455. The molecule has 1 aliphatic rings. The summed E-state index contributed by atoms with van der Waals surface area (Å²) in [5.74, 6) is 0.908. The third kappa shape index (κ3) is 1.49. The van der Waals surface area contributed by atoms with E-state index in [1.807, 2.05) is 26.0 Å². The molecule has 3 heteroatoms. The second-order valence-electron chi connectivity index (χ2n) is 4.12. The zero-order valence-electron chi connectivity index (χ0n) is 8.43. The van der Waals surface area contributed by atoms with Crippen LogP contribution in [0.25, 0.3) is 0 Å². The van der Waals surface area contributed by atoms with Crippen LogP contribution >= 0.6 is 11.6 Å². The topological polar surface area (TPSA) is 35.2 Å². The van der Waals surface area contributed by atoms with Crippen LogP contribution in [0, 0.1) is 6.92 Å². The van der Waals surface area contributed by atoms with Gasteiger partial charge in [0.15, 0.2) is 0 Å². The zero-order valence-corrected chi connectivity index (χ0v) is 9.19. The van der Waals surface area contributed by atoms with E-state index in [4.69, 9.17) is 22.1 Å². The first-order valence-electron chi connectivity index (χ1n) is 4.73. The van der Waals surface area contributed by atoms with E-state index < -0.39 is 0 Å². The van der Waals surface area contributed by atoms with Crippen molar-refractivity contribution in [3.8, 4) is 5.75 Å². The molecule has 0 saturated heterocycles. The smallest absolute Gasteiger partial charge is 0.127 e. The Morgan fingerprint density at radius 2 is 2.21 bits per heavy atom. The van der Waals surface area contributed by atoms with Gasteiger partial charge in [0.2, 0.25) is 0 Å². The largest absolute Gasteiger partial charge is 0.493 e. The lowest BCUT2D eigenvalue weighted by Gasteiger charge is -2.33. The lowest BCUT2D eigenvalue weighted by molar-refractivity contribution is 0.226. The Balaban J connectivity index is 2.63. The monoisotopic (exact) mass is 211 g/mol. The van der Waals surface area contributed by atoms with Crippen molar-refractivity contribution in [2.75, 3.05) is 6.61 Å². The van der Waals surface area contributed by atoms with Crippen molar-refractivity contribution >= 4 is 11.6 Å². The van der Waals surface area contributed by atoms with Crippen LogP contribution in [0.3, 0.4) is 0 Å². The summed E-state index contributed by atoms with van der Waals surface area (Å²) in [6.07, 6.45) is 0.833. The molecule has 1 atom stereocenters. The molecule has 0 radical (unpaired) electrons. The molecule has 2 N–H and O–H groups in total. The summed E-state index contributed by atoms with van der Waals surface area (Å²) in [7, 11) is 0. The summed E-state index contributed by atoms with van der Waals surface area (Å²) in [5.41, 5.74) is 7.95. The lowest BCUT2D eigenvalue weighted by Crippen LogP contribution is -2.38. The molecule has 0 amide bonds. The summed E-state index contributed by atoms with van der Waals surface area (Å²) in [6.45, 7) is 4.69. The number of rotatable bonds is 0. The number of benzene rings is 1. The van der Waals surface area contributed by atoms with Crippen molar-refractivity contribution in [1.82, 2.24) is 0 Å². The van der Waals surface area contributed by atoms with Crippen LogP contribution in [0.4, 0.5) is 0 Å². The minimum Gasteiger partial charge on any atom is -0.493 e. The number of hydrogen-bond donors (Lipinski definition) is 1. The van der Waals surface area contributed by atoms with E-state index in [-0.39, 0.29) is 5.54 Å². The van der Waals surface area contributed by atoms with Crippen LogP contribution in [0.1, 0.15) is 24.5 Å². The van der Waals surface area contributed by atoms with Crippen molar-refractivity contribution in [2.24, 2.45) is 5.73 Å². The van der Waals surface area contributed by atoms with Crippen molar-refractivity contribution in [1.29, 1.82) is 0 Å². The lowest BCUT2D eigenvalue weighted by atomic mass is 9.86. The highest BCUT2D eigenvalue weighted by Crippen LogP contribution is 2.38. The second kappa shape index (κ2) is 3.14. The predicted octanol–water partition coefficient (Wildman–Crippen LogP) is 2.60. The van der Waals surface area contributed by atoms with Gasteiger partial charge >= 0.3 is 0 Å². The summed E-state index contributed by atoms with van der Waals surface area (Å²) in [5, 5.41) is 0.725. The van der Waals surface area contributed by atoms with Crippen LogP contribution in [0.2, 0.25) is 5.02 Å². The molecule has 0 fully saturated rings. The standard InChI is InChI=1S/C11H14ClNO/c1-7-5-8(12)6-9-10(7)14-4-3-11(9,2)13/h5-6H,3-4,13H2,1-2H3. The van der Waals surface area contributed by atoms with E-state index in [0.717, 1.165) is 28.3 Å². The molecule has 1 aromatic carbocycles. The highest BCUT2D eigenvalue weighted by Gasteiger charge is 2.30. The van der Waals surface area contributed by atoms with Crippen molar-refractivity contribution in [3.63, 3.8) is 0 Å². The van der Waals surface area contributed by atoms with Gasteiger partial charge in [-0.1, -0.05) is 11.6 Å². The molecular weight excluding hydrogens is 198 g/mol. The fourth-order valence-corrected chi connectivity index (χ4v) is 2.12. The Morgan fingerprint density at radius 3 is 2.93 bits per heavy atom. The number of halogens is 1. The van der Waals surface area contributed by atoms with Crippen LogP contribution in [-0.2, 0) is 5.54 Å². The summed E-state index contributed by atoms with van der Waals surface area (Å²) in [4.78, 5) is 0. The van der Waals surface area contributed by atoms with E-state index in [1.54, 1.807) is 0 Å². The summed E-state index contributed by atoms with van der Waals surface area (Å²) in [6, 6.07) is 3.81. The Labute approximate surface area is 89.0 Å². The normalized spacial score (nSPS) is 25.4. The number of ether oxygens (including phenoxy) is 1. The van der Waals surface area contributed by atoms with Gasteiger partial charge in [-0.05, 0) is 31.5 Å². The maximum Gasteiger partial charge on any atom is 0.127 e. The van der Waals surface area contributed by atoms with Gasteiger partial charge in [0.25, 0.3) is 0 Å². The molecule has 2 nitrogen and oxygen atoms in total. The highest BCUT2D eigenvalue weighted by molar-refractivity contribution is 6.30. The molecule has 0 bridgehead atoms. The van der Waals surface area contributed by atoms with Gasteiger partial charge in [0, 0.05) is 22.5 Å². The number of hydrogen-bond acceptors (Lipinski definition) is 2. The van der Waals surface area contributed by atoms with Crippen LogP contribution in [0.15, 0.2) is 12.1 Å². The van der Waals surface area contributed by atoms with Crippen molar-refractivity contribution in [3.05, 3.63) is 28.3 Å². The molecule has 76 valence electrons. The molecule has 2 rings (SSSR count). The molecule has 1 aromatic rings. The molecule has 1 unspecified atom stereocenters. The minimum atomic E-state index is -0.316. The molecule has 0 aromatic heterocycles.